The summed E-state index contributed by atoms with van der Waals surface area (Å²) in [4.78, 5) is 0. The minimum atomic E-state index is -2.95. The first kappa shape index (κ1) is 13.8. The van der Waals surface area contributed by atoms with E-state index in [1.807, 2.05) is 24.3 Å². The molecule has 5 heteroatoms. The fourth-order valence-corrected chi connectivity index (χ4v) is 4.07. The van der Waals surface area contributed by atoms with Gasteiger partial charge in [-0.15, -0.1) is 0 Å². The molecule has 2 atom stereocenters. The van der Waals surface area contributed by atoms with E-state index in [-0.39, 0.29) is 11.3 Å². The van der Waals surface area contributed by atoms with Crippen molar-refractivity contribution < 1.29 is 8.42 Å². The third-order valence-electron chi connectivity index (χ3n) is 3.48. The lowest BCUT2D eigenvalue weighted by Crippen LogP contribution is -2.39. The molecule has 2 rings (SSSR count). The van der Waals surface area contributed by atoms with E-state index in [1.165, 1.54) is 6.26 Å². The molecule has 0 amide bonds. The van der Waals surface area contributed by atoms with Crippen LogP contribution in [-0.4, -0.2) is 26.0 Å². The molecular weight excluding hydrogens is 270 g/mol. The Morgan fingerprint density at radius 2 is 1.94 bits per heavy atom. The molecule has 1 fully saturated rings. The summed E-state index contributed by atoms with van der Waals surface area (Å²) in [6, 6.07) is 7.69. The fourth-order valence-electron chi connectivity index (χ4n) is 2.52. The Labute approximate surface area is 113 Å². The zero-order chi connectivity index (χ0) is 13.2. The molecule has 0 spiro atoms. The van der Waals surface area contributed by atoms with Crippen LogP contribution in [0.15, 0.2) is 24.3 Å². The van der Waals surface area contributed by atoms with Gasteiger partial charge in [-0.05, 0) is 30.5 Å². The van der Waals surface area contributed by atoms with Gasteiger partial charge in [-0.1, -0.05) is 30.2 Å². The maximum Gasteiger partial charge on any atom is 0.151 e. The third kappa shape index (κ3) is 3.46. The molecule has 1 aliphatic rings. The van der Waals surface area contributed by atoms with Crippen LogP contribution in [0.5, 0.6) is 0 Å². The van der Waals surface area contributed by atoms with Crippen molar-refractivity contribution in [3.63, 3.8) is 0 Å². The molecule has 0 aromatic heterocycles. The quantitative estimate of drug-likeness (QED) is 0.925. The van der Waals surface area contributed by atoms with Gasteiger partial charge in [0.2, 0.25) is 0 Å². The molecule has 0 aliphatic heterocycles. The number of hydrogen-bond acceptors (Lipinski definition) is 3. The summed E-state index contributed by atoms with van der Waals surface area (Å²) in [7, 11) is -2.95. The van der Waals surface area contributed by atoms with E-state index in [2.05, 4.69) is 5.32 Å². The molecule has 100 valence electrons. The van der Waals surface area contributed by atoms with E-state index in [0.29, 0.717) is 11.6 Å². The van der Waals surface area contributed by atoms with E-state index in [9.17, 15) is 8.42 Å². The first-order chi connectivity index (χ1) is 8.47. The van der Waals surface area contributed by atoms with Gasteiger partial charge >= 0.3 is 0 Å². The zero-order valence-electron chi connectivity index (χ0n) is 10.4. The van der Waals surface area contributed by atoms with Crippen LogP contribution in [0.25, 0.3) is 0 Å². The van der Waals surface area contributed by atoms with Crippen LogP contribution >= 0.6 is 11.6 Å². The van der Waals surface area contributed by atoms with Crippen molar-refractivity contribution in [1.82, 2.24) is 5.32 Å². The molecule has 3 nitrogen and oxygen atoms in total. The maximum absolute atomic E-state index is 11.6. The summed E-state index contributed by atoms with van der Waals surface area (Å²) in [5.74, 6) is 0. The number of nitrogens with one attached hydrogen (secondary N) is 1. The summed E-state index contributed by atoms with van der Waals surface area (Å²) >= 11 is 5.82. The van der Waals surface area contributed by atoms with Gasteiger partial charge in [-0.3, -0.25) is 0 Å². The lowest BCUT2D eigenvalue weighted by Gasteiger charge is -2.19. The van der Waals surface area contributed by atoms with Gasteiger partial charge in [0.15, 0.2) is 9.84 Å². The van der Waals surface area contributed by atoms with Gasteiger partial charge in [0.1, 0.15) is 0 Å². The summed E-state index contributed by atoms with van der Waals surface area (Å²) in [5, 5.41) is 3.84. The van der Waals surface area contributed by atoms with Crippen molar-refractivity contribution in [3.8, 4) is 0 Å². The van der Waals surface area contributed by atoms with E-state index < -0.39 is 9.84 Å². The van der Waals surface area contributed by atoms with Gasteiger partial charge in [-0.25, -0.2) is 8.42 Å². The molecule has 1 aromatic carbocycles. The molecule has 1 saturated carbocycles. The van der Waals surface area contributed by atoms with Gasteiger partial charge in [0.25, 0.3) is 0 Å². The van der Waals surface area contributed by atoms with Crippen LogP contribution in [0.1, 0.15) is 24.8 Å². The highest BCUT2D eigenvalue weighted by Crippen LogP contribution is 2.25. The third-order valence-corrected chi connectivity index (χ3v) is 5.40. The first-order valence-electron chi connectivity index (χ1n) is 6.13. The average molecular weight is 288 g/mol. The summed E-state index contributed by atoms with van der Waals surface area (Å²) < 4.78 is 23.3. The molecule has 2 unspecified atom stereocenters. The summed E-state index contributed by atoms with van der Waals surface area (Å²) in [5.41, 5.74) is 1.12. The van der Waals surface area contributed by atoms with Gasteiger partial charge < -0.3 is 5.32 Å². The number of hydrogen-bond donors (Lipinski definition) is 1. The van der Waals surface area contributed by atoms with Crippen LogP contribution < -0.4 is 5.32 Å². The van der Waals surface area contributed by atoms with E-state index in [1.54, 1.807) is 0 Å². The van der Waals surface area contributed by atoms with Crippen molar-refractivity contribution in [2.24, 2.45) is 0 Å². The van der Waals surface area contributed by atoms with Crippen molar-refractivity contribution in [2.45, 2.75) is 37.1 Å². The Hall–Kier alpha value is -0.580. The Balaban J connectivity index is 1.96. The van der Waals surface area contributed by atoms with Crippen LogP contribution in [0, 0.1) is 0 Å². The SMILES string of the molecule is CS(=O)(=O)C1CCCC1NCc1ccc(Cl)cc1. The standard InChI is InChI=1S/C13H18ClNO2S/c1-18(16,17)13-4-2-3-12(13)15-9-10-5-7-11(14)8-6-10/h5-8,12-13,15H,2-4,9H2,1H3. The highest BCUT2D eigenvalue weighted by atomic mass is 35.5. The largest absolute Gasteiger partial charge is 0.309 e. The topological polar surface area (TPSA) is 46.2 Å². The molecule has 1 N–H and O–H groups in total. The van der Waals surface area contributed by atoms with E-state index in [4.69, 9.17) is 11.6 Å². The Bertz CT molecular complexity index is 498. The number of halogens is 1. The Morgan fingerprint density at radius 1 is 1.28 bits per heavy atom. The van der Waals surface area contributed by atoms with Crippen molar-refractivity contribution in [3.05, 3.63) is 34.9 Å². The van der Waals surface area contributed by atoms with Gasteiger partial charge in [0, 0.05) is 23.9 Å². The number of sulfone groups is 1. The van der Waals surface area contributed by atoms with Crippen molar-refractivity contribution in [1.29, 1.82) is 0 Å². The van der Waals surface area contributed by atoms with Crippen molar-refractivity contribution >= 4 is 21.4 Å². The molecule has 0 bridgehead atoms. The molecular formula is C13H18ClNO2S. The predicted octanol–water partition coefficient (Wildman–Crippen LogP) is 2.40. The summed E-state index contributed by atoms with van der Waals surface area (Å²) in [6.45, 7) is 0.688. The van der Waals surface area contributed by atoms with Crippen LogP contribution in [0.4, 0.5) is 0 Å². The minimum absolute atomic E-state index is 0.0793. The lowest BCUT2D eigenvalue weighted by atomic mass is 10.2. The molecule has 0 heterocycles. The number of rotatable bonds is 4. The normalized spacial score (nSPS) is 24.3. The molecule has 1 aliphatic carbocycles. The Kier molecular flexibility index (Phi) is 4.30. The maximum atomic E-state index is 11.6. The molecule has 0 radical (unpaired) electrons. The minimum Gasteiger partial charge on any atom is -0.309 e. The summed E-state index contributed by atoms with van der Waals surface area (Å²) in [6.07, 6.45) is 4.03. The molecule has 18 heavy (non-hydrogen) atoms. The van der Waals surface area contributed by atoms with Crippen LogP contribution in [-0.2, 0) is 16.4 Å². The second kappa shape index (κ2) is 5.59. The average Bonchev–Trinajstić information content (AvgIpc) is 2.76. The lowest BCUT2D eigenvalue weighted by molar-refractivity contribution is 0.507. The second-order valence-corrected chi connectivity index (χ2v) is 7.61. The smallest absolute Gasteiger partial charge is 0.151 e. The van der Waals surface area contributed by atoms with Crippen LogP contribution in [0.2, 0.25) is 5.02 Å². The second-order valence-electron chi connectivity index (χ2n) is 4.91. The van der Waals surface area contributed by atoms with E-state index in [0.717, 1.165) is 24.8 Å². The fraction of sp³-hybridized carbons (Fsp3) is 0.538. The van der Waals surface area contributed by atoms with Gasteiger partial charge in [0.05, 0.1) is 5.25 Å². The predicted molar refractivity (Wildman–Crippen MR) is 74.6 cm³/mol. The molecule has 0 saturated heterocycles. The van der Waals surface area contributed by atoms with Crippen molar-refractivity contribution in [2.75, 3.05) is 6.26 Å². The molecule has 1 aromatic rings. The van der Waals surface area contributed by atoms with Gasteiger partial charge in [-0.2, -0.15) is 0 Å². The highest BCUT2D eigenvalue weighted by molar-refractivity contribution is 7.91. The van der Waals surface area contributed by atoms with Crippen LogP contribution in [0.3, 0.4) is 0 Å². The zero-order valence-corrected chi connectivity index (χ0v) is 12.0. The number of benzene rings is 1. The Morgan fingerprint density at radius 3 is 2.56 bits per heavy atom. The van der Waals surface area contributed by atoms with E-state index >= 15 is 0 Å². The first-order valence-corrected chi connectivity index (χ1v) is 8.47. The highest BCUT2D eigenvalue weighted by Gasteiger charge is 2.34. The monoisotopic (exact) mass is 287 g/mol.